The molecule has 0 aromatic heterocycles. The summed E-state index contributed by atoms with van der Waals surface area (Å²) in [5, 5.41) is 5.78. The van der Waals surface area contributed by atoms with Crippen molar-refractivity contribution in [3.05, 3.63) is 102 Å². The van der Waals surface area contributed by atoms with E-state index in [2.05, 4.69) is 16.1 Å². The molecule has 0 aliphatic rings. The van der Waals surface area contributed by atoms with Crippen LogP contribution in [0.5, 0.6) is 0 Å². The maximum Gasteiger partial charge on any atom is 0.247 e. The molecule has 1 atom stereocenters. The quantitative estimate of drug-likeness (QED) is 0.203. The fraction of sp³-hybridized carbons (Fsp3) is 0.300. The van der Waals surface area contributed by atoms with E-state index < -0.39 is 6.04 Å². The van der Waals surface area contributed by atoms with Gasteiger partial charge in [0.05, 0.1) is 6.61 Å². The van der Waals surface area contributed by atoms with Crippen molar-refractivity contribution >= 4 is 23.4 Å². The maximum absolute atomic E-state index is 12.9. The van der Waals surface area contributed by atoms with Gasteiger partial charge >= 0.3 is 0 Å². The fourth-order valence-electron chi connectivity index (χ4n) is 3.83. The molecule has 0 unspecified atom stereocenters. The summed E-state index contributed by atoms with van der Waals surface area (Å²) < 4.78 is 0. The number of amides is 3. The molecule has 3 amide bonds. The lowest BCUT2D eigenvalue weighted by atomic mass is 10.0. The summed E-state index contributed by atoms with van der Waals surface area (Å²) in [6.07, 6.45) is 4.18. The maximum atomic E-state index is 12.9. The molecule has 0 aliphatic heterocycles. The Morgan fingerprint density at radius 3 is 1.81 bits per heavy atom. The summed E-state index contributed by atoms with van der Waals surface area (Å²) in [5.41, 5.74) is 5.12. The van der Waals surface area contributed by atoms with Crippen LogP contribution in [0.4, 0.5) is 5.69 Å². The van der Waals surface area contributed by atoms with E-state index in [9.17, 15) is 14.4 Å². The van der Waals surface area contributed by atoms with Crippen molar-refractivity contribution in [2.75, 3.05) is 5.32 Å². The van der Waals surface area contributed by atoms with Gasteiger partial charge in [0.25, 0.3) is 0 Å². The van der Waals surface area contributed by atoms with E-state index >= 15 is 0 Å². The number of carbonyl (C=O) groups excluding carboxylic acids is 3. The van der Waals surface area contributed by atoms with Gasteiger partial charge in [-0.2, -0.15) is 0 Å². The van der Waals surface area contributed by atoms with E-state index in [1.54, 1.807) is 0 Å². The van der Waals surface area contributed by atoms with Crippen molar-refractivity contribution in [1.82, 2.24) is 10.8 Å². The van der Waals surface area contributed by atoms with E-state index in [1.807, 2.05) is 91.0 Å². The topological polar surface area (TPSA) is 96.5 Å². The van der Waals surface area contributed by atoms with Crippen molar-refractivity contribution in [2.45, 2.75) is 57.6 Å². The van der Waals surface area contributed by atoms with Crippen LogP contribution >= 0.6 is 0 Å². The van der Waals surface area contributed by atoms with Gasteiger partial charge in [-0.3, -0.25) is 19.2 Å². The van der Waals surface area contributed by atoms with Gasteiger partial charge in [-0.1, -0.05) is 91.7 Å². The van der Waals surface area contributed by atoms with Crippen LogP contribution in [0.3, 0.4) is 0 Å². The summed E-state index contributed by atoms with van der Waals surface area (Å²) in [4.78, 5) is 42.7. The smallest absolute Gasteiger partial charge is 0.247 e. The zero-order chi connectivity index (χ0) is 26.1. The molecular weight excluding hydrogens is 466 g/mol. The predicted molar refractivity (Wildman–Crippen MR) is 144 cm³/mol. The molecule has 37 heavy (non-hydrogen) atoms. The minimum atomic E-state index is -0.672. The Balaban J connectivity index is 1.33. The number of rotatable bonds is 15. The molecule has 3 aromatic carbocycles. The molecule has 0 saturated carbocycles. The number of benzene rings is 3. The van der Waals surface area contributed by atoms with Gasteiger partial charge in [-0.25, -0.2) is 5.48 Å². The van der Waals surface area contributed by atoms with E-state index in [1.165, 1.54) is 0 Å². The first-order valence-electron chi connectivity index (χ1n) is 12.7. The molecule has 3 aromatic rings. The molecule has 0 saturated heterocycles. The average molecular weight is 502 g/mol. The second-order valence-electron chi connectivity index (χ2n) is 8.88. The van der Waals surface area contributed by atoms with Gasteiger partial charge in [0, 0.05) is 24.9 Å². The van der Waals surface area contributed by atoms with E-state index in [4.69, 9.17) is 4.84 Å². The molecule has 0 bridgehead atoms. The summed E-state index contributed by atoms with van der Waals surface area (Å²) in [7, 11) is 0. The second-order valence-corrected chi connectivity index (χ2v) is 8.88. The van der Waals surface area contributed by atoms with Crippen LogP contribution in [0.1, 0.15) is 49.7 Å². The minimum Gasteiger partial charge on any atom is -0.344 e. The summed E-state index contributed by atoms with van der Waals surface area (Å²) in [5.74, 6) is -0.554. The first-order valence-corrected chi connectivity index (χ1v) is 12.7. The van der Waals surface area contributed by atoms with E-state index in [0.29, 0.717) is 38.0 Å². The third-order valence-electron chi connectivity index (χ3n) is 5.80. The van der Waals surface area contributed by atoms with E-state index in [-0.39, 0.29) is 17.7 Å². The van der Waals surface area contributed by atoms with Gasteiger partial charge in [0.15, 0.2) is 0 Å². The van der Waals surface area contributed by atoms with Gasteiger partial charge in [-0.05, 0) is 36.1 Å². The molecule has 0 aliphatic carbocycles. The van der Waals surface area contributed by atoms with Crippen LogP contribution in [0.15, 0.2) is 91.0 Å². The molecule has 0 fully saturated rings. The first-order chi connectivity index (χ1) is 18.1. The van der Waals surface area contributed by atoms with Crippen LogP contribution in [-0.4, -0.2) is 23.8 Å². The monoisotopic (exact) mass is 501 g/mol. The number of para-hydroxylation sites is 1. The normalized spacial score (nSPS) is 11.4. The number of hydrogen-bond acceptors (Lipinski definition) is 4. The van der Waals surface area contributed by atoms with Crippen LogP contribution in [0, 0.1) is 0 Å². The molecule has 3 rings (SSSR count). The summed E-state index contributed by atoms with van der Waals surface area (Å²) in [6, 6.07) is 27.8. The van der Waals surface area contributed by atoms with Gasteiger partial charge < -0.3 is 10.6 Å². The first kappa shape index (κ1) is 27.6. The molecule has 0 heterocycles. The largest absolute Gasteiger partial charge is 0.344 e. The Morgan fingerprint density at radius 2 is 1.19 bits per heavy atom. The molecule has 0 radical (unpaired) electrons. The number of carbonyl (C=O) groups is 3. The average Bonchev–Trinajstić information content (AvgIpc) is 2.92. The van der Waals surface area contributed by atoms with Crippen molar-refractivity contribution in [2.24, 2.45) is 0 Å². The number of hydrogen-bond donors (Lipinski definition) is 3. The number of nitrogens with one attached hydrogen (secondary N) is 3. The third-order valence-corrected chi connectivity index (χ3v) is 5.80. The predicted octanol–water partition coefficient (Wildman–Crippen LogP) is 4.94. The highest BCUT2D eigenvalue weighted by molar-refractivity contribution is 5.97. The lowest BCUT2D eigenvalue weighted by molar-refractivity contribution is -0.134. The van der Waals surface area contributed by atoms with Gasteiger partial charge in [0.2, 0.25) is 17.7 Å². The zero-order valence-electron chi connectivity index (χ0n) is 21.0. The van der Waals surface area contributed by atoms with Crippen molar-refractivity contribution in [1.29, 1.82) is 0 Å². The van der Waals surface area contributed by atoms with Gasteiger partial charge in [-0.15, -0.1) is 0 Å². The Morgan fingerprint density at radius 1 is 0.649 bits per heavy atom. The van der Waals surface area contributed by atoms with Crippen LogP contribution in [-0.2, 0) is 32.2 Å². The van der Waals surface area contributed by atoms with Crippen LogP contribution in [0.25, 0.3) is 0 Å². The van der Waals surface area contributed by atoms with Crippen molar-refractivity contribution in [3.63, 3.8) is 0 Å². The van der Waals surface area contributed by atoms with Crippen LogP contribution < -0.4 is 16.1 Å². The number of unbranched alkanes of at least 4 members (excludes halogenated alkanes) is 3. The number of hydroxylamine groups is 1. The molecule has 7 heteroatoms. The lowest BCUT2D eigenvalue weighted by Crippen LogP contribution is -2.45. The minimum absolute atomic E-state index is 0.151. The van der Waals surface area contributed by atoms with Crippen molar-refractivity contribution < 1.29 is 19.2 Å². The Bertz CT molecular complexity index is 1090. The Labute approximate surface area is 218 Å². The Kier molecular flexibility index (Phi) is 11.9. The second kappa shape index (κ2) is 15.9. The highest BCUT2D eigenvalue weighted by Crippen LogP contribution is 2.10. The molecule has 194 valence electrons. The van der Waals surface area contributed by atoms with Gasteiger partial charge in [0.1, 0.15) is 6.04 Å². The summed E-state index contributed by atoms with van der Waals surface area (Å²) in [6.45, 7) is 0.330. The van der Waals surface area contributed by atoms with Crippen LogP contribution in [0.2, 0.25) is 0 Å². The third kappa shape index (κ3) is 11.1. The van der Waals surface area contributed by atoms with Crippen molar-refractivity contribution in [3.8, 4) is 0 Å². The standard InChI is InChI=1S/C30H35N3O4/c34-28(20-12-1-2-13-21-29(35)33-37-23-25-16-8-4-9-17-25)32-27(22-24-14-6-3-7-15-24)30(36)31-26-18-10-5-11-19-26/h3-11,14-19,27H,1-2,12-13,20-23H2,(H,31,36)(H,32,34)(H,33,35)/t27-/m0/s1. The highest BCUT2D eigenvalue weighted by Gasteiger charge is 2.21. The lowest BCUT2D eigenvalue weighted by Gasteiger charge is -2.19. The molecule has 0 spiro atoms. The summed E-state index contributed by atoms with van der Waals surface area (Å²) >= 11 is 0. The Hall–Kier alpha value is -3.97. The zero-order valence-corrected chi connectivity index (χ0v) is 21.0. The molecule has 7 nitrogen and oxygen atoms in total. The van der Waals surface area contributed by atoms with E-state index in [0.717, 1.165) is 30.4 Å². The molecular formula is C30H35N3O4. The highest BCUT2D eigenvalue weighted by atomic mass is 16.6. The SMILES string of the molecule is O=C(CCCCCCC(=O)N[C@@H](Cc1ccccc1)C(=O)Nc1ccccc1)NOCc1ccccc1. The molecule has 3 N–H and O–H groups in total. The number of anilines is 1. The fourth-order valence-corrected chi connectivity index (χ4v) is 3.83.